The summed E-state index contributed by atoms with van der Waals surface area (Å²) in [6, 6.07) is 7.50. The molecule has 0 saturated carbocycles. The Morgan fingerprint density at radius 3 is 2.68 bits per heavy atom. The lowest BCUT2D eigenvalue weighted by atomic mass is 9.95. The van der Waals surface area contributed by atoms with Gasteiger partial charge in [0.1, 0.15) is 11.5 Å². The van der Waals surface area contributed by atoms with Gasteiger partial charge in [0.25, 0.3) is 0 Å². The van der Waals surface area contributed by atoms with Crippen LogP contribution in [-0.2, 0) is 11.3 Å². The molecule has 0 unspecified atom stereocenters. The average molecular weight is 343 g/mol. The Morgan fingerprint density at radius 2 is 2.04 bits per heavy atom. The van der Waals surface area contributed by atoms with Crippen LogP contribution in [0.3, 0.4) is 0 Å². The van der Waals surface area contributed by atoms with Crippen molar-refractivity contribution >= 4 is 11.6 Å². The summed E-state index contributed by atoms with van der Waals surface area (Å²) in [5.41, 5.74) is 2.85. The first-order valence-electron chi connectivity index (χ1n) is 8.66. The zero-order chi connectivity index (χ0) is 17.8. The van der Waals surface area contributed by atoms with Gasteiger partial charge in [0, 0.05) is 18.0 Å². The first-order chi connectivity index (χ1) is 12.1. The molecule has 3 rings (SSSR count). The maximum atomic E-state index is 12.6. The first-order valence-corrected chi connectivity index (χ1v) is 8.66. The minimum absolute atomic E-state index is 0.0332. The number of carbonyl (C=O) groups excluding carboxylic acids is 1. The van der Waals surface area contributed by atoms with Gasteiger partial charge < -0.3 is 14.6 Å². The van der Waals surface area contributed by atoms with E-state index in [2.05, 4.69) is 15.4 Å². The lowest BCUT2D eigenvalue weighted by Crippen LogP contribution is -2.38. The van der Waals surface area contributed by atoms with Gasteiger partial charge in [-0.25, -0.2) is 0 Å². The van der Waals surface area contributed by atoms with Gasteiger partial charge in [-0.3, -0.25) is 9.69 Å². The summed E-state index contributed by atoms with van der Waals surface area (Å²) in [5.74, 6) is 1.67. The van der Waals surface area contributed by atoms with E-state index in [1.807, 2.05) is 38.1 Å². The van der Waals surface area contributed by atoms with E-state index in [1.54, 1.807) is 7.11 Å². The summed E-state index contributed by atoms with van der Waals surface area (Å²) in [4.78, 5) is 14.9. The van der Waals surface area contributed by atoms with Crippen molar-refractivity contribution in [2.75, 3.05) is 25.5 Å². The molecule has 1 amide bonds. The summed E-state index contributed by atoms with van der Waals surface area (Å²) >= 11 is 0. The summed E-state index contributed by atoms with van der Waals surface area (Å²) < 4.78 is 10.5. The zero-order valence-electron chi connectivity index (χ0n) is 15.0. The first kappa shape index (κ1) is 17.5. The van der Waals surface area contributed by atoms with Crippen molar-refractivity contribution in [2.24, 2.45) is 5.92 Å². The van der Waals surface area contributed by atoms with Crippen molar-refractivity contribution in [1.29, 1.82) is 0 Å². The Hall–Kier alpha value is -2.34. The van der Waals surface area contributed by atoms with Crippen molar-refractivity contribution in [3.05, 3.63) is 41.3 Å². The number of likely N-dealkylation sites (tertiary alicyclic amines) is 1. The second-order valence-corrected chi connectivity index (χ2v) is 6.54. The number of methoxy groups -OCH3 is 1. The number of carbonyl (C=O) groups is 1. The van der Waals surface area contributed by atoms with E-state index in [9.17, 15) is 4.79 Å². The van der Waals surface area contributed by atoms with Crippen molar-refractivity contribution in [1.82, 2.24) is 10.1 Å². The fourth-order valence-corrected chi connectivity index (χ4v) is 3.29. The highest BCUT2D eigenvalue weighted by Gasteiger charge is 2.26. The van der Waals surface area contributed by atoms with Crippen LogP contribution in [0.15, 0.2) is 28.8 Å². The number of para-hydroxylation sites is 2. The predicted octanol–water partition coefficient (Wildman–Crippen LogP) is 3.15. The molecule has 2 heterocycles. The highest BCUT2D eigenvalue weighted by Crippen LogP contribution is 2.26. The van der Waals surface area contributed by atoms with Crippen LogP contribution >= 0.6 is 0 Å². The van der Waals surface area contributed by atoms with Crippen LogP contribution in [0.1, 0.15) is 29.9 Å². The molecule has 6 nitrogen and oxygen atoms in total. The third kappa shape index (κ3) is 4.02. The van der Waals surface area contributed by atoms with Crippen molar-refractivity contribution in [3.8, 4) is 5.75 Å². The summed E-state index contributed by atoms with van der Waals surface area (Å²) in [6.45, 7) is 6.55. The van der Waals surface area contributed by atoms with Crippen molar-refractivity contribution in [2.45, 2.75) is 33.2 Å². The van der Waals surface area contributed by atoms with Crippen LogP contribution < -0.4 is 10.1 Å². The SMILES string of the molecule is COc1ccccc1NC(=O)C1CCN(Cc2c(C)noc2C)CC1. The van der Waals surface area contributed by atoms with E-state index in [0.717, 1.165) is 55.2 Å². The van der Waals surface area contributed by atoms with E-state index >= 15 is 0 Å². The Morgan fingerprint density at radius 1 is 1.32 bits per heavy atom. The molecule has 0 aliphatic carbocycles. The topological polar surface area (TPSA) is 67.6 Å². The van der Waals surface area contributed by atoms with Crippen LogP contribution in [-0.4, -0.2) is 36.2 Å². The molecule has 1 aromatic heterocycles. The van der Waals surface area contributed by atoms with Crippen molar-refractivity contribution in [3.63, 3.8) is 0 Å². The molecule has 1 aromatic carbocycles. The Balaban J connectivity index is 1.54. The van der Waals surface area contributed by atoms with E-state index < -0.39 is 0 Å². The fourth-order valence-electron chi connectivity index (χ4n) is 3.29. The Labute approximate surface area is 148 Å². The summed E-state index contributed by atoms with van der Waals surface area (Å²) in [7, 11) is 1.61. The predicted molar refractivity (Wildman–Crippen MR) is 95.6 cm³/mol. The highest BCUT2D eigenvalue weighted by molar-refractivity contribution is 5.94. The van der Waals surface area contributed by atoms with Gasteiger partial charge in [-0.05, 0) is 51.9 Å². The van der Waals surface area contributed by atoms with Gasteiger partial charge in [-0.1, -0.05) is 17.3 Å². The zero-order valence-corrected chi connectivity index (χ0v) is 15.0. The number of piperidine rings is 1. The minimum Gasteiger partial charge on any atom is -0.495 e. The van der Waals surface area contributed by atoms with Crippen molar-refractivity contribution < 1.29 is 14.1 Å². The van der Waals surface area contributed by atoms with Crippen LogP contribution in [0, 0.1) is 19.8 Å². The van der Waals surface area contributed by atoms with Crippen LogP contribution in [0.4, 0.5) is 5.69 Å². The number of benzene rings is 1. The number of hydrogen-bond donors (Lipinski definition) is 1. The fraction of sp³-hybridized carbons (Fsp3) is 0.474. The summed E-state index contributed by atoms with van der Waals surface area (Å²) in [6.07, 6.45) is 1.70. The molecular weight excluding hydrogens is 318 g/mol. The second kappa shape index (κ2) is 7.70. The van der Waals surface area contributed by atoms with E-state index in [4.69, 9.17) is 9.26 Å². The summed E-state index contributed by atoms with van der Waals surface area (Å²) in [5, 5.41) is 7.01. The molecule has 134 valence electrons. The molecule has 2 aromatic rings. The average Bonchev–Trinajstić information content (AvgIpc) is 2.94. The van der Waals surface area contributed by atoms with Gasteiger partial charge in [0.05, 0.1) is 18.5 Å². The van der Waals surface area contributed by atoms with Crippen LogP contribution in [0.5, 0.6) is 5.75 Å². The number of anilines is 1. The monoisotopic (exact) mass is 343 g/mol. The third-order valence-corrected chi connectivity index (χ3v) is 4.89. The molecule has 25 heavy (non-hydrogen) atoms. The molecule has 1 N–H and O–H groups in total. The number of hydrogen-bond acceptors (Lipinski definition) is 5. The maximum absolute atomic E-state index is 12.6. The number of rotatable bonds is 5. The molecule has 0 radical (unpaired) electrons. The van der Waals surface area contributed by atoms with E-state index in [0.29, 0.717) is 5.75 Å². The Kier molecular flexibility index (Phi) is 5.38. The van der Waals surface area contributed by atoms with Gasteiger partial charge in [-0.15, -0.1) is 0 Å². The lowest BCUT2D eigenvalue weighted by Gasteiger charge is -2.31. The number of aromatic nitrogens is 1. The molecule has 1 aliphatic rings. The molecule has 1 fully saturated rings. The molecule has 0 atom stereocenters. The van der Waals surface area contributed by atoms with Gasteiger partial charge in [-0.2, -0.15) is 0 Å². The highest BCUT2D eigenvalue weighted by atomic mass is 16.5. The standard InChI is InChI=1S/C19H25N3O3/c1-13-16(14(2)25-21-13)12-22-10-8-15(9-11-22)19(23)20-17-6-4-5-7-18(17)24-3/h4-7,15H,8-12H2,1-3H3,(H,20,23). The Bertz CT molecular complexity index is 714. The normalized spacial score (nSPS) is 16.0. The smallest absolute Gasteiger partial charge is 0.227 e. The number of aryl methyl sites for hydroxylation is 2. The molecule has 0 bridgehead atoms. The minimum atomic E-state index is 0.0332. The number of nitrogens with one attached hydrogen (secondary N) is 1. The largest absolute Gasteiger partial charge is 0.495 e. The van der Waals surface area contributed by atoms with Gasteiger partial charge in [0.2, 0.25) is 5.91 Å². The number of nitrogens with zero attached hydrogens (tertiary/aromatic N) is 2. The lowest BCUT2D eigenvalue weighted by molar-refractivity contribution is -0.121. The van der Waals surface area contributed by atoms with Crippen LogP contribution in [0.2, 0.25) is 0 Å². The molecule has 1 aliphatic heterocycles. The van der Waals surface area contributed by atoms with Gasteiger partial charge in [0.15, 0.2) is 0 Å². The number of ether oxygens (including phenoxy) is 1. The molecule has 1 saturated heterocycles. The van der Waals surface area contributed by atoms with Gasteiger partial charge >= 0.3 is 0 Å². The van der Waals surface area contributed by atoms with E-state index in [1.165, 1.54) is 0 Å². The second-order valence-electron chi connectivity index (χ2n) is 6.54. The third-order valence-electron chi connectivity index (χ3n) is 4.89. The maximum Gasteiger partial charge on any atom is 0.227 e. The quantitative estimate of drug-likeness (QED) is 0.903. The van der Waals surface area contributed by atoms with E-state index in [-0.39, 0.29) is 11.8 Å². The molecule has 0 spiro atoms. The molecule has 6 heteroatoms. The van der Waals surface area contributed by atoms with Crippen LogP contribution in [0.25, 0.3) is 0 Å². The molecular formula is C19H25N3O3. The number of amides is 1.